The topological polar surface area (TPSA) is 33.6 Å². The second-order valence-electron chi connectivity index (χ2n) is 5.22. The molecule has 0 aliphatic carbocycles. The molecule has 0 saturated carbocycles. The Labute approximate surface area is 110 Å². The van der Waals surface area contributed by atoms with E-state index in [0.717, 1.165) is 31.3 Å². The predicted molar refractivity (Wildman–Crippen MR) is 76.8 cm³/mol. The van der Waals surface area contributed by atoms with Crippen molar-refractivity contribution in [2.75, 3.05) is 19.8 Å². The summed E-state index contributed by atoms with van der Waals surface area (Å²) in [6, 6.07) is 0.558. The van der Waals surface area contributed by atoms with E-state index in [1.807, 2.05) is 11.8 Å². The molecule has 1 N–H and O–H groups in total. The highest BCUT2D eigenvalue weighted by atomic mass is 32.2. The van der Waals surface area contributed by atoms with Crippen LogP contribution in [0, 0.1) is 5.92 Å². The van der Waals surface area contributed by atoms with E-state index in [2.05, 4.69) is 38.0 Å². The minimum Gasteiger partial charge on any atom is -0.381 e. The number of aliphatic imine (C=N–C) groups is 1. The second kappa shape index (κ2) is 7.98. The number of hydrogen-bond donors (Lipinski definition) is 1. The lowest BCUT2D eigenvalue weighted by Gasteiger charge is -2.26. The van der Waals surface area contributed by atoms with E-state index < -0.39 is 0 Å². The highest BCUT2D eigenvalue weighted by Crippen LogP contribution is 2.22. The van der Waals surface area contributed by atoms with Gasteiger partial charge in [0.1, 0.15) is 0 Å². The zero-order valence-corrected chi connectivity index (χ0v) is 12.3. The van der Waals surface area contributed by atoms with Gasteiger partial charge >= 0.3 is 0 Å². The first-order valence-corrected chi connectivity index (χ1v) is 7.51. The highest BCUT2D eigenvalue weighted by molar-refractivity contribution is 8.14. The summed E-state index contributed by atoms with van der Waals surface area (Å²) >= 11 is 1.86. The molecule has 4 heteroatoms. The maximum Gasteiger partial charge on any atom is 0.157 e. The number of nitrogens with zero attached hydrogens (tertiary/aromatic N) is 1. The van der Waals surface area contributed by atoms with Gasteiger partial charge in [0.15, 0.2) is 5.17 Å². The second-order valence-corrected chi connectivity index (χ2v) is 6.65. The van der Waals surface area contributed by atoms with Gasteiger partial charge < -0.3 is 10.1 Å². The predicted octanol–water partition coefficient (Wildman–Crippen LogP) is 2.91. The number of nitrogens with one attached hydrogen (secondary N) is 1. The first-order valence-electron chi connectivity index (χ1n) is 6.63. The molecule has 0 radical (unpaired) electrons. The molecular formula is C13H26N2OS. The zero-order chi connectivity index (χ0) is 12.7. The van der Waals surface area contributed by atoms with Crippen LogP contribution in [0.25, 0.3) is 0 Å². The third kappa shape index (κ3) is 6.94. The summed E-state index contributed by atoms with van der Waals surface area (Å²) in [6.45, 7) is 11.4. The molecule has 1 rings (SSSR count). The molecule has 17 heavy (non-hydrogen) atoms. The number of rotatable bonds is 6. The van der Waals surface area contributed by atoms with E-state index in [1.54, 1.807) is 0 Å². The number of hydrogen-bond acceptors (Lipinski definition) is 3. The fourth-order valence-electron chi connectivity index (χ4n) is 1.79. The van der Waals surface area contributed by atoms with Gasteiger partial charge in [0.25, 0.3) is 0 Å². The van der Waals surface area contributed by atoms with Crippen molar-refractivity contribution >= 4 is 16.9 Å². The van der Waals surface area contributed by atoms with Gasteiger partial charge in [0.2, 0.25) is 0 Å². The van der Waals surface area contributed by atoms with Crippen LogP contribution in [0.4, 0.5) is 0 Å². The quantitative estimate of drug-likeness (QED) is 0.744. The Morgan fingerprint density at radius 1 is 1.47 bits per heavy atom. The molecule has 1 aliphatic rings. The lowest BCUT2D eigenvalue weighted by Crippen LogP contribution is -2.38. The van der Waals surface area contributed by atoms with Gasteiger partial charge in [-0.3, -0.25) is 4.99 Å². The Bertz CT molecular complexity index is 232. The minimum absolute atomic E-state index is 0.558. The van der Waals surface area contributed by atoms with E-state index >= 15 is 0 Å². The fourth-order valence-corrected chi connectivity index (χ4v) is 2.99. The van der Waals surface area contributed by atoms with Crippen LogP contribution in [-0.4, -0.2) is 36.2 Å². The molecule has 3 nitrogen and oxygen atoms in total. The van der Waals surface area contributed by atoms with Crippen LogP contribution in [-0.2, 0) is 4.74 Å². The number of thioether (sulfide) groups is 1. The van der Waals surface area contributed by atoms with Crippen molar-refractivity contribution in [1.29, 1.82) is 0 Å². The summed E-state index contributed by atoms with van der Waals surface area (Å²) in [5, 5.41) is 5.22. The molecule has 1 saturated heterocycles. The van der Waals surface area contributed by atoms with E-state index in [-0.39, 0.29) is 0 Å². The molecule has 2 atom stereocenters. The van der Waals surface area contributed by atoms with Crippen LogP contribution in [0.5, 0.6) is 0 Å². The summed E-state index contributed by atoms with van der Waals surface area (Å²) in [7, 11) is 0. The Morgan fingerprint density at radius 2 is 2.24 bits per heavy atom. The molecule has 2 unspecified atom stereocenters. The first kappa shape index (κ1) is 14.8. The largest absolute Gasteiger partial charge is 0.381 e. The third-order valence-corrected chi connectivity index (χ3v) is 3.59. The Morgan fingerprint density at radius 3 is 2.88 bits per heavy atom. The molecule has 0 amide bonds. The average Bonchev–Trinajstić information content (AvgIpc) is 2.21. The monoisotopic (exact) mass is 258 g/mol. The zero-order valence-electron chi connectivity index (χ0n) is 11.5. The lowest BCUT2D eigenvalue weighted by atomic mass is 10.2. The smallest absolute Gasteiger partial charge is 0.157 e. The van der Waals surface area contributed by atoms with Crippen molar-refractivity contribution in [2.24, 2.45) is 10.9 Å². The fraction of sp³-hybridized carbons (Fsp3) is 0.923. The van der Waals surface area contributed by atoms with Gasteiger partial charge in [-0.05, 0) is 25.7 Å². The standard InChI is InChI=1S/C13H26N2OS/c1-10(2)9-16-7-5-6-14-13-15-11(3)8-12(4)17-13/h10-12H,5-9H2,1-4H3,(H,14,15). The van der Waals surface area contributed by atoms with Gasteiger partial charge in [-0.15, -0.1) is 0 Å². The summed E-state index contributed by atoms with van der Waals surface area (Å²) in [6.07, 6.45) is 2.24. The van der Waals surface area contributed by atoms with Gasteiger partial charge in [0.05, 0.1) is 0 Å². The van der Waals surface area contributed by atoms with E-state index in [4.69, 9.17) is 4.74 Å². The Balaban J connectivity index is 2.11. The van der Waals surface area contributed by atoms with Crippen molar-refractivity contribution in [1.82, 2.24) is 5.32 Å². The van der Waals surface area contributed by atoms with Crippen LogP contribution in [0.15, 0.2) is 4.99 Å². The average molecular weight is 258 g/mol. The molecule has 0 aromatic carbocycles. The van der Waals surface area contributed by atoms with Gasteiger partial charge in [-0.25, -0.2) is 0 Å². The summed E-state index contributed by atoms with van der Waals surface area (Å²) in [5.74, 6) is 0.624. The van der Waals surface area contributed by atoms with Crippen LogP contribution in [0.1, 0.15) is 40.5 Å². The molecule has 1 heterocycles. The Hall–Kier alpha value is -0.220. The van der Waals surface area contributed by atoms with Crippen LogP contribution < -0.4 is 5.32 Å². The minimum atomic E-state index is 0.558. The van der Waals surface area contributed by atoms with Gasteiger partial charge in [-0.2, -0.15) is 0 Å². The van der Waals surface area contributed by atoms with E-state index in [1.165, 1.54) is 6.42 Å². The van der Waals surface area contributed by atoms with Crippen molar-refractivity contribution < 1.29 is 4.74 Å². The van der Waals surface area contributed by atoms with Crippen LogP contribution >= 0.6 is 11.8 Å². The summed E-state index contributed by atoms with van der Waals surface area (Å²) < 4.78 is 5.53. The van der Waals surface area contributed by atoms with Gasteiger partial charge in [0, 0.05) is 31.1 Å². The van der Waals surface area contributed by atoms with Crippen molar-refractivity contribution in [2.45, 2.75) is 51.8 Å². The molecule has 1 aliphatic heterocycles. The van der Waals surface area contributed by atoms with Crippen molar-refractivity contribution in [3.63, 3.8) is 0 Å². The van der Waals surface area contributed by atoms with Gasteiger partial charge in [-0.1, -0.05) is 32.5 Å². The molecule has 1 fully saturated rings. The Kier molecular flexibility index (Phi) is 6.97. The van der Waals surface area contributed by atoms with Crippen LogP contribution in [0.3, 0.4) is 0 Å². The van der Waals surface area contributed by atoms with Crippen molar-refractivity contribution in [3.05, 3.63) is 0 Å². The molecule has 0 aromatic heterocycles. The molecule has 0 aromatic rings. The molecular weight excluding hydrogens is 232 g/mol. The highest BCUT2D eigenvalue weighted by Gasteiger charge is 2.19. The molecule has 0 spiro atoms. The summed E-state index contributed by atoms with van der Waals surface area (Å²) in [4.78, 5) is 4.59. The van der Waals surface area contributed by atoms with E-state index in [0.29, 0.717) is 17.2 Å². The maximum absolute atomic E-state index is 5.53. The SMILES string of the molecule is CC(C)COCCCN=C1NC(C)CC(C)S1. The lowest BCUT2D eigenvalue weighted by molar-refractivity contribution is 0.109. The van der Waals surface area contributed by atoms with Crippen LogP contribution in [0.2, 0.25) is 0 Å². The summed E-state index contributed by atoms with van der Waals surface area (Å²) in [5.41, 5.74) is 0. The molecule has 0 bridgehead atoms. The number of ether oxygens (including phenoxy) is 1. The van der Waals surface area contributed by atoms with Crippen molar-refractivity contribution in [3.8, 4) is 0 Å². The maximum atomic E-state index is 5.53. The third-order valence-electron chi connectivity index (χ3n) is 2.52. The van der Waals surface area contributed by atoms with E-state index in [9.17, 15) is 0 Å². The molecule has 100 valence electrons. The number of amidine groups is 1. The first-order chi connectivity index (χ1) is 8.08. The normalized spacial score (nSPS) is 27.5.